The maximum absolute atomic E-state index is 9.85. The fourth-order valence-corrected chi connectivity index (χ4v) is 3.53. The Bertz CT molecular complexity index is 200. The minimum Gasteiger partial charge on any atom is -0.367 e. The zero-order valence-corrected chi connectivity index (χ0v) is 8.79. The van der Waals surface area contributed by atoms with Crippen molar-refractivity contribution in [1.29, 1.82) is 0 Å². The van der Waals surface area contributed by atoms with E-state index in [9.17, 15) is 5.11 Å². The highest BCUT2D eigenvalue weighted by atomic mass is 16.6. The highest BCUT2D eigenvalue weighted by molar-refractivity contribution is 4.98. The Hall–Kier alpha value is -0.0800. The van der Waals surface area contributed by atoms with Crippen LogP contribution in [0.2, 0.25) is 0 Å². The molecule has 0 amide bonds. The van der Waals surface area contributed by atoms with Crippen LogP contribution in [-0.2, 0) is 4.74 Å². The lowest BCUT2D eigenvalue weighted by Gasteiger charge is -2.41. The van der Waals surface area contributed by atoms with E-state index < -0.39 is 6.29 Å². The molecule has 1 aliphatic carbocycles. The number of aliphatic hydroxyl groups is 1. The third kappa shape index (κ3) is 1.23. The summed E-state index contributed by atoms with van der Waals surface area (Å²) in [6.45, 7) is 6.57. The van der Waals surface area contributed by atoms with Gasteiger partial charge >= 0.3 is 0 Å². The van der Waals surface area contributed by atoms with Crippen molar-refractivity contribution in [3.63, 3.8) is 0 Å². The standard InChI is InChI=1S/C11H20O2/c1-7-5-4-6-11(3)9(7)8(2)13-10(11)12/h7-10,12H,4-6H2,1-3H3/t7?,8-,9?,10?,11?/m0/s1. The van der Waals surface area contributed by atoms with Crippen LogP contribution in [0.25, 0.3) is 0 Å². The average Bonchev–Trinajstić information content (AvgIpc) is 2.24. The first-order valence-corrected chi connectivity index (χ1v) is 5.39. The molecule has 2 fully saturated rings. The van der Waals surface area contributed by atoms with Gasteiger partial charge < -0.3 is 9.84 Å². The van der Waals surface area contributed by atoms with Gasteiger partial charge in [0, 0.05) is 5.41 Å². The minimum absolute atomic E-state index is 0.0249. The van der Waals surface area contributed by atoms with Crippen molar-refractivity contribution in [2.75, 3.05) is 0 Å². The molecule has 2 heteroatoms. The summed E-state index contributed by atoms with van der Waals surface area (Å²) < 4.78 is 5.54. The van der Waals surface area contributed by atoms with Crippen molar-refractivity contribution in [1.82, 2.24) is 0 Å². The Labute approximate surface area is 80.3 Å². The smallest absolute Gasteiger partial charge is 0.160 e. The summed E-state index contributed by atoms with van der Waals surface area (Å²) in [5.74, 6) is 1.25. The number of hydrogen-bond acceptors (Lipinski definition) is 2. The number of fused-ring (bicyclic) bond motifs is 1. The van der Waals surface area contributed by atoms with Crippen molar-refractivity contribution in [3.8, 4) is 0 Å². The van der Waals surface area contributed by atoms with Gasteiger partial charge in [0.05, 0.1) is 6.10 Å². The van der Waals surface area contributed by atoms with E-state index in [0.29, 0.717) is 11.8 Å². The van der Waals surface area contributed by atoms with E-state index in [1.165, 1.54) is 12.8 Å². The molecule has 1 saturated carbocycles. The summed E-state index contributed by atoms with van der Waals surface area (Å²) >= 11 is 0. The fraction of sp³-hybridized carbons (Fsp3) is 1.00. The predicted molar refractivity (Wildman–Crippen MR) is 51.2 cm³/mol. The van der Waals surface area contributed by atoms with Gasteiger partial charge in [-0.1, -0.05) is 26.7 Å². The molecule has 13 heavy (non-hydrogen) atoms. The van der Waals surface area contributed by atoms with Crippen molar-refractivity contribution in [3.05, 3.63) is 0 Å². The Balaban J connectivity index is 2.27. The first-order valence-electron chi connectivity index (χ1n) is 5.39. The highest BCUT2D eigenvalue weighted by Crippen LogP contribution is 2.53. The van der Waals surface area contributed by atoms with E-state index in [2.05, 4.69) is 20.8 Å². The lowest BCUT2D eigenvalue weighted by Crippen LogP contribution is -2.40. The lowest BCUT2D eigenvalue weighted by molar-refractivity contribution is -0.133. The second-order valence-corrected chi connectivity index (χ2v) is 5.09. The first kappa shape index (κ1) is 9.47. The van der Waals surface area contributed by atoms with Gasteiger partial charge in [-0.05, 0) is 25.2 Å². The third-order valence-electron chi connectivity index (χ3n) is 4.16. The molecule has 4 unspecified atom stereocenters. The van der Waals surface area contributed by atoms with E-state index in [1.807, 2.05) is 0 Å². The molecule has 0 aromatic rings. The van der Waals surface area contributed by atoms with Gasteiger partial charge in [0.2, 0.25) is 0 Å². The van der Waals surface area contributed by atoms with Crippen LogP contribution in [0.4, 0.5) is 0 Å². The van der Waals surface area contributed by atoms with E-state index in [1.54, 1.807) is 0 Å². The molecule has 0 aromatic carbocycles. The van der Waals surface area contributed by atoms with Crippen molar-refractivity contribution in [2.45, 2.75) is 52.4 Å². The van der Waals surface area contributed by atoms with Crippen LogP contribution in [0, 0.1) is 17.3 Å². The SMILES string of the molecule is CC1CCCC2(C)C(O)O[C@@H](C)C12. The van der Waals surface area contributed by atoms with Gasteiger partial charge in [0.25, 0.3) is 0 Å². The van der Waals surface area contributed by atoms with E-state index in [4.69, 9.17) is 4.74 Å². The number of aliphatic hydroxyl groups excluding tert-OH is 1. The summed E-state index contributed by atoms with van der Waals surface area (Å²) in [5, 5.41) is 9.85. The molecule has 1 N–H and O–H groups in total. The van der Waals surface area contributed by atoms with Gasteiger partial charge in [-0.15, -0.1) is 0 Å². The summed E-state index contributed by atoms with van der Waals surface area (Å²) in [5.41, 5.74) is 0.0249. The fourth-order valence-electron chi connectivity index (χ4n) is 3.53. The molecule has 0 spiro atoms. The largest absolute Gasteiger partial charge is 0.367 e. The van der Waals surface area contributed by atoms with Crippen LogP contribution < -0.4 is 0 Å². The Kier molecular flexibility index (Phi) is 2.16. The van der Waals surface area contributed by atoms with E-state index >= 15 is 0 Å². The first-order chi connectivity index (χ1) is 6.05. The number of hydrogen-bond donors (Lipinski definition) is 1. The second-order valence-electron chi connectivity index (χ2n) is 5.09. The molecule has 1 heterocycles. The molecule has 5 atom stereocenters. The maximum Gasteiger partial charge on any atom is 0.160 e. The zero-order valence-electron chi connectivity index (χ0n) is 8.79. The van der Waals surface area contributed by atoms with Crippen LogP contribution in [0.5, 0.6) is 0 Å². The average molecular weight is 184 g/mol. The predicted octanol–water partition coefficient (Wildman–Crippen LogP) is 2.17. The Morgan fingerprint density at radius 1 is 1.38 bits per heavy atom. The summed E-state index contributed by atoms with van der Waals surface area (Å²) in [6, 6.07) is 0. The van der Waals surface area contributed by atoms with Crippen LogP contribution in [-0.4, -0.2) is 17.5 Å². The molecular weight excluding hydrogens is 164 g/mol. The van der Waals surface area contributed by atoms with Gasteiger partial charge in [-0.2, -0.15) is 0 Å². The maximum atomic E-state index is 9.85. The summed E-state index contributed by atoms with van der Waals surface area (Å²) in [4.78, 5) is 0. The molecule has 1 aliphatic heterocycles. The van der Waals surface area contributed by atoms with Crippen molar-refractivity contribution in [2.24, 2.45) is 17.3 Å². The van der Waals surface area contributed by atoms with Crippen LogP contribution >= 0.6 is 0 Å². The quantitative estimate of drug-likeness (QED) is 0.625. The Morgan fingerprint density at radius 3 is 2.69 bits per heavy atom. The van der Waals surface area contributed by atoms with Crippen LogP contribution in [0.15, 0.2) is 0 Å². The number of rotatable bonds is 0. The van der Waals surface area contributed by atoms with Gasteiger partial charge in [-0.25, -0.2) is 0 Å². The molecule has 76 valence electrons. The molecule has 2 rings (SSSR count). The Morgan fingerprint density at radius 2 is 2.08 bits per heavy atom. The van der Waals surface area contributed by atoms with Crippen molar-refractivity contribution >= 4 is 0 Å². The molecule has 2 nitrogen and oxygen atoms in total. The minimum atomic E-state index is -0.532. The van der Waals surface area contributed by atoms with Gasteiger partial charge in [0.1, 0.15) is 0 Å². The van der Waals surface area contributed by atoms with Crippen molar-refractivity contribution < 1.29 is 9.84 Å². The van der Waals surface area contributed by atoms with Crippen LogP contribution in [0.1, 0.15) is 40.0 Å². The monoisotopic (exact) mass is 184 g/mol. The van der Waals surface area contributed by atoms with Gasteiger partial charge in [0.15, 0.2) is 6.29 Å². The van der Waals surface area contributed by atoms with E-state index in [0.717, 1.165) is 6.42 Å². The topological polar surface area (TPSA) is 29.5 Å². The number of ether oxygens (including phenoxy) is 1. The molecule has 1 saturated heterocycles. The molecule has 0 aromatic heterocycles. The lowest BCUT2D eigenvalue weighted by atomic mass is 9.62. The molecule has 0 bridgehead atoms. The molecule has 2 aliphatic rings. The summed E-state index contributed by atoms with van der Waals surface area (Å²) in [7, 11) is 0. The van der Waals surface area contributed by atoms with Crippen LogP contribution in [0.3, 0.4) is 0 Å². The third-order valence-corrected chi connectivity index (χ3v) is 4.16. The van der Waals surface area contributed by atoms with Gasteiger partial charge in [-0.3, -0.25) is 0 Å². The van der Waals surface area contributed by atoms with E-state index in [-0.39, 0.29) is 11.5 Å². The highest BCUT2D eigenvalue weighted by Gasteiger charge is 2.54. The molecule has 0 radical (unpaired) electrons. The second kappa shape index (κ2) is 2.96. The molecular formula is C11H20O2. The zero-order chi connectivity index (χ0) is 9.64. The normalized spacial score (nSPS) is 56.3. The summed E-state index contributed by atoms with van der Waals surface area (Å²) in [6.07, 6.45) is 3.35.